The molecule has 104 valence electrons. The van der Waals surface area contributed by atoms with Gasteiger partial charge in [-0.15, -0.1) is 5.10 Å². The Labute approximate surface area is 113 Å². The molecule has 7 heteroatoms. The molecule has 0 fully saturated rings. The highest BCUT2D eigenvalue weighted by atomic mass is 19.1. The number of rotatable bonds is 3. The van der Waals surface area contributed by atoms with Crippen LogP contribution in [0.25, 0.3) is 5.69 Å². The summed E-state index contributed by atoms with van der Waals surface area (Å²) in [6.07, 6.45) is 0. The van der Waals surface area contributed by atoms with Crippen LogP contribution in [-0.2, 0) is 4.74 Å². The van der Waals surface area contributed by atoms with Crippen molar-refractivity contribution in [3.05, 3.63) is 52.0 Å². The third kappa shape index (κ3) is 2.71. The van der Waals surface area contributed by atoms with Gasteiger partial charge in [0.2, 0.25) is 5.69 Å². The molecule has 0 aliphatic heterocycles. The van der Waals surface area contributed by atoms with Crippen LogP contribution in [0.1, 0.15) is 23.2 Å². The summed E-state index contributed by atoms with van der Waals surface area (Å²) in [5.41, 5.74) is -0.711. The summed E-state index contributed by atoms with van der Waals surface area (Å²) in [6, 6.07) is 5.17. The van der Waals surface area contributed by atoms with E-state index in [1.165, 1.54) is 24.3 Å². The molecule has 0 bridgehead atoms. The number of benzene rings is 1. The van der Waals surface area contributed by atoms with Crippen LogP contribution in [0.5, 0.6) is 0 Å². The van der Waals surface area contributed by atoms with E-state index >= 15 is 0 Å². The standard InChI is InChI=1S/C13H12FN3O3/c1-3-20-13(19)11-12(18)17(16-8(2)15-11)10-6-4-9(14)5-7-10/h4-7H,3H2,1-2H3. The maximum absolute atomic E-state index is 12.9. The summed E-state index contributed by atoms with van der Waals surface area (Å²) in [6.45, 7) is 3.31. The van der Waals surface area contributed by atoms with Gasteiger partial charge in [0.1, 0.15) is 11.6 Å². The van der Waals surface area contributed by atoms with Crippen molar-refractivity contribution >= 4 is 5.97 Å². The molecule has 0 saturated carbocycles. The molecule has 0 amide bonds. The number of aryl methyl sites for hydroxylation is 1. The van der Waals surface area contributed by atoms with Gasteiger partial charge in [-0.05, 0) is 38.1 Å². The first kappa shape index (κ1) is 13.9. The Morgan fingerprint density at radius 3 is 2.60 bits per heavy atom. The number of ether oxygens (including phenoxy) is 1. The van der Waals surface area contributed by atoms with E-state index in [-0.39, 0.29) is 18.1 Å². The number of esters is 1. The van der Waals surface area contributed by atoms with Crippen molar-refractivity contribution in [2.24, 2.45) is 0 Å². The largest absolute Gasteiger partial charge is 0.461 e. The van der Waals surface area contributed by atoms with Crippen LogP contribution in [0.3, 0.4) is 0 Å². The van der Waals surface area contributed by atoms with Gasteiger partial charge in [-0.1, -0.05) is 0 Å². The molecule has 2 rings (SSSR count). The van der Waals surface area contributed by atoms with Crippen LogP contribution in [-0.4, -0.2) is 27.3 Å². The fraction of sp³-hybridized carbons (Fsp3) is 0.231. The van der Waals surface area contributed by atoms with Crippen molar-refractivity contribution in [2.75, 3.05) is 6.61 Å². The first-order valence-corrected chi connectivity index (χ1v) is 5.94. The van der Waals surface area contributed by atoms with E-state index in [2.05, 4.69) is 10.1 Å². The minimum atomic E-state index is -0.807. The topological polar surface area (TPSA) is 74.1 Å². The SMILES string of the molecule is CCOC(=O)c1nc(C)nn(-c2ccc(F)cc2)c1=O. The maximum Gasteiger partial charge on any atom is 0.362 e. The Balaban J connectivity index is 2.57. The van der Waals surface area contributed by atoms with Crippen LogP contribution in [0, 0.1) is 12.7 Å². The predicted molar refractivity (Wildman–Crippen MR) is 68.3 cm³/mol. The molecule has 20 heavy (non-hydrogen) atoms. The lowest BCUT2D eigenvalue weighted by molar-refractivity contribution is 0.0515. The van der Waals surface area contributed by atoms with Gasteiger partial charge in [0.05, 0.1) is 12.3 Å². The molecule has 0 aliphatic carbocycles. The molecule has 2 aromatic rings. The van der Waals surface area contributed by atoms with Crippen LogP contribution >= 0.6 is 0 Å². The minimum absolute atomic E-state index is 0.137. The Bertz CT molecular complexity index is 695. The fourth-order valence-corrected chi connectivity index (χ4v) is 1.61. The highest BCUT2D eigenvalue weighted by Crippen LogP contribution is 2.06. The van der Waals surface area contributed by atoms with Gasteiger partial charge < -0.3 is 4.74 Å². The number of carbonyl (C=O) groups excluding carboxylic acids is 1. The third-order valence-corrected chi connectivity index (χ3v) is 2.45. The second kappa shape index (κ2) is 5.60. The summed E-state index contributed by atoms with van der Waals surface area (Å²) in [4.78, 5) is 27.6. The first-order chi connectivity index (χ1) is 9.52. The molecule has 1 aromatic carbocycles. The zero-order valence-corrected chi connectivity index (χ0v) is 11.0. The molecule has 1 heterocycles. The van der Waals surface area contributed by atoms with Crippen molar-refractivity contribution in [3.8, 4) is 5.69 Å². The predicted octanol–water partition coefficient (Wildman–Crippen LogP) is 1.25. The molecular formula is C13H12FN3O3. The monoisotopic (exact) mass is 277 g/mol. The van der Waals surface area contributed by atoms with E-state index in [4.69, 9.17) is 4.74 Å². The highest BCUT2D eigenvalue weighted by Gasteiger charge is 2.18. The van der Waals surface area contributed by atoms with Crippen molar-refractivity contribution in [2.45, 2.75) is 13.8 Å². The lowest BCUT2D eigenvalue weighted by Gasteiger charge is -2.07. The van der Waals surface area contributed by atoms with Gasteiger partial charge in [-0.2, -0.15) is 4.68 Å². The van der Waals surface area contributed by atoms with E-state index in [9.17, 15) is 14.0 Å². The Morgan fingerprint density at radius 1 is 1.35 bits per heavy atom. The van der Waals surface area contributed by atoms with E-state index < -0.39 is 17.3 Å². The Kier molecular flexibility index (Phi) is 3.88. The van der Waals surface area contributed by atoms with E-state index in [0.29, 0.717) is 5.69 Å². The summed E-state index contributed by atoms with van der Waals surface area (Å²) in [5, 5.41) is 3.94. The van der Waals surface area contributed by atoms with Crippen LogP contribution < -0.4 is 5.56 Å². The Morgan fingerprint density at radius 2 is 2.00 bits per heavy atom. The van der Waals surface area contributed by atoms with Crippen molar-refractivity contribution in [1.82, 2.24) is 14.8 Å². The second-order valence-electron chi connectivity index (χ2n) is 3.92. The molecule has 0 aliphatic rings. The number of hydrogen-bond donors (Lipinski definition) is 0. The lowest BCUT2D eigenvalue weighted by Crippen LogP contribution is -2.31. The molecular weight excluding hydrogens is 265 g/mol. The van der Waals surface area contributed by atoms with E-state index in [0.717, 1.165) is 4.68 Å². The lowest BCUT2D eigenvalue weighted by atomic mass is 10.3. The van der Waals surface area contributed by atoms with E-state index in [1.54, 1.807) is 13.8 Å². The van der Waals surface area contributed by atoms with Gasteiger partial charge in [0.15, 0.2) is 0 Å². The van der Waals surface area contributed by atoms with Gasteiger partial charge in [0, 0.05) is 0 Å². The number of aromatic nitrogens is 3. The van der Waals surface area contributed by atoms with Gasteiger partial charge in [-0.25, -0.2) is 14.2 Å². The molecule has 0 radical (unpaired) electrons. The second-order valence-corrected chi connectivity index (χ2v) is 3.92. The summed E-state index contributed by atoms with van der Waals surface area (Å²) < 4.78 is 18.7. The smallest absolute Gasteiger partial charge is 0.362 e. The molecule has 0 spiro atoms. The van der Waals surface area contributed by atoms with Crippen molar-refractivity contribution in [3.63, 3.8) is 0 Å². The van der Waals surface area contributed by atoms with Gasteiger partial charge in [0.25, 0.3) is 0 Å². The van der Waals surface area contributed by atoms with Crippen LogP contribution in [0.15, 0.2) is 29.1 Å². The average Bonchev–Trinajstić information content (AvgIpc) is 2.42. The molecule has 0 unspecified atom stereocenters. The average molecular weight is 277 g/mol. The zero-order chi connectivity index (χ0) is 14.7. The number of carbonyl (C=O) groups is 1. The normalized spacial score (nSPS) is 10.3. The minimum Gasteiger partial charge on any atom is -0.461 e. The van der Waals surface area contributed by atoms with E-state index in [1.807, 2.05) is 0 Å². The molecule has 6 nitrogen and oxygen atoms in total. The van der Waals surface area contributed by atoms with Crippen LogP contribution in [0.2, 0.25) is 0 Å². The summed E-state index contributed by atoms with van der Waals surface area (Å²) in [7, 11) is 0. The first-order valence-electron chi connectivity index (χ1n) is 5.94. The van der Waals surface area contributed by atoms with Crippen molar-refractivity contribution in [1.29, 1.82) is 0 Å². The van der Waals surface area contributed by atoms with Crippen LogP contribution in [0.4, 0.5) is 4.39 Å². The van der Waals surface area contributed by atoms with Crippen molar-refractivity contribution < 1.29 is 13.9 Å². The third-order valence-electron chi connectivity index (χ3n) is 2.45. The maximum atomic E-state index is 12.9. The Hall–Kier alpha value is -2.57. The molecule has 1 aromatic heterocycles. The summed E-state index contributed by atoms with van der Waals surface area (Å²) in [5.74, 6) is -1.01. The van der Waals surface area contributed by atoms with Gasteiger partial charge >= 0.3 is 11.5 Å². The number of nitrogens with zero attached hydrogens (tertiary/aromatic N) is 3. The zero-order valence-electron chi connectivity index (χ0n) is 11.0. The number of halogens is 1. The molecule has 0 N–H and O–H groups in total. The quantitative estimate of drug-likeness (QED) is 0.789. The highest BCUT2D eigenvalue weighted by molar-refractivity contribution is 5.86. The molecule has 0 saturated heterocycles. The van der Waals surface area contributed by atoms with Gasteiger partial charge in [-0.3, -0.25) is 4.79 Å². The molecule has 0 atom stereocenters. The number of hydrogen-bond acceptors (Lipinski definition) is 5. The fourth-order valence-electron chi connectivity index (χ4n) is 1.61. The summed E-state index contributed by atoms with van der Waals surface area (Å²) >= 11 is 0.